The predicted octanol–water partition coefficient (Wildman–Crippen LogP) is 2.48. The third-order valence-electron chi connectivity index (χ3n) is 5.66. The number of piperazine rings is 1. The smallest absolute Gasteiger partial charge is 0.258 e. The SMILES string of the molecule is COc1cc2nc(CN3CCN(C(=O)Cc4ccccc4Cl)CC3)[nH]c(=O)c2cc1OC. The van der Waals surface area contributed by atoms with Gasteiger partial charge in [0.25, 0.3) is 5.56 Å². The highest BCUT2D eigenvalue weighted by molar-refractivity contribution is 6.31. The molecule has 8 nitrogen and oxygen atoms in total. The van der Waals surface area contributed by atoms with Gasteiger partial charge in [0.2, 0.25) is 5.91 Å². The molecule has 32 heavy (non-hydrogen) atoms. The van der Waals surface area contributed by atoms with E-state index in [9.17, 15) is 9.59 Å². The maximum absolute atomic E-state index is 12.7. The number of hydrogen-bond donors (Lipinski definition) is 1. The van der Waals surface area contributed by atoms with Crippen LogP contribution in [0, 0.1) is 0 Å². The van der Waals surface area contributed by atoms with E-state index in [1.807, 2.05) is 23.1 Å². The second-order valence-corrected chi connectivity index (χ2v) is 8.07. The molecule has 4 rings (SSSR count). The fraction of sp³-hybridized carbons (Fsp3) is 0.348. The third kappa shape index (κ3) is 4.71. The molecule has 2 heterocycles. The summed E-state index contributed by atoms with van der Waals surface area (Å²) in [5.41, 5.74) is 1.17. The molecular weight excluding hydrogens is 432 g/mol. The van der Waals surface area contributed by atoms with Crippen molar-refractivity contribution in [1.82, 2.24) is 19.8 Å². The second kappa shape index (κ2) is 9.58. The number of fused-ring (bicyclic) bond motifs is 1. The number of hydrogen-bond acceptors (Lipinski definition) is 6. The minimum Gasteiger partial charge on any atom is -0.493 e. The number of methoxy groups -OCH3 is 2. The highest BCUT2D eigenvalue weighted by atomic mass is 35.5. The first-order chi connectivity index (χ1) is 15.5. The van der Waals surface area contributed by atoms with Gasteiger partial charge in [0.1, 0.15) is 5.82 Å². The number of aromatic amines is 1. The molecule has 1 aromatic heterocycles. The standard InChI is InChI=1S/C23H25ClN4O4/c1-31-19-12-16-18(13-20(19)32-2)25-21(26-23(16)30)14-27-7-9-28(10-8-27)22(29)11-15-5-3-4-6-17(15)24/h3-6,12-13H,7-11,14H2,1-2H3,(H,25,26,30). The molecule has 0 saturated carbocycles. The van der Waals surface area contributed by atoms with Crippen LogP contribution in [0.3, 0.4) is 0 Å². The van der Waals surface area contributed by atoms with E-state index in [4.69, 9.17) is 21.1 Å². The number of amides is 1. The van der Waals surface area contributed by atoms with E-state index in [2.05, 4.69) is 14.9 Å². The van der Waals surface area contributed by atoms with Crippen LogP contribution >= 0.6 is 11.6 Å². The number of nitrogens with zero attached hydrogens (tertiary/aromatic N) is 3. The number of carbonyl (C=O) groups excluding carboxylic acids is 1. The Morgan fingerprint density at radius 1 is 1.09 bits per heavy atom. The van der Waals surface area contributed by atoms with Crippen molar-refractivity contribution in [3.05, 3.63) is 63.2 Å². The molecule has 1 fully saturated rings. The molecule has 168 valence electrons. The summed E-state index contributed by atoms with van der Waals surface area (Å²) in [6.07, 6.45) is 0.296. The maximum Gasteiger partial charge on any atom is 0.258 e. The summed E-state index contributed by atoms with van der Waals surface area (Å²) < 4.78 is 10.6. The lowest BCUT2D eigenvalue weighted by Gasteiger charge is -2.34. The second-order valence-electron chi connectivity index (χ2n) is 7.66. The van der Waals surface area contributed by atoms with Gasteiger partial charge in [0.05, 0.1) is 38.1 Å². The van der Waals surface area contributed by atoms with Gasteiger partial charge in [-0.2, -0.15) is 0 Å². The molecular formula is C23H25ClN4O4. The molecule has 0 spiro atoms. The Morgan fingerprint density at radius 2 is 1.78 bits per heavy atom. The van der Waals surface area contributed by atoms with Crippen molar-refractivity contribution in [2.45, 2.75) is 13.0 Å². The summed E-state index contributed by atoms with van der Waals surface area (Å²) in [6.45, 7) is 3.12. The predicted molar refractivity (Wildman–Crippen MR) is 122 cm³/mol. The van der Waals surface area contributed by atoms with Crippen molar-refractivity contribution in [2.24, 2.45) is 0 Å². The van der Waals surface area contributed by atoms with Crippen LogP contribution in [0.2, 0.25) is 5.02 Å². The zero-order chi connectivity index (χ0) is 22.7. The fourth-order valence-electron chi connectivity index (χ4n) is 3.87. The highest BCUT2D eigenvalue weighted by Crippen LogP contribution is 2.30. The number of aromatic nitrogens is 2. The first kappa shape index (κ1) is 22.1. The summed E-state index contributed by atoms with van der Waals surface area (Å²) in [7, 11) is 3.07. The molecule has 1 N–H and O–H groups in total. The van der Waals surface area contributed by atoms with Crippen molar-refractivity contribution < 1.29 is 14.3 Å². The lowest BCUT2D eigenvalue weighted by atomic mass is 10.1. The fourth-order valence-corrected chi connectivity index (χ4v) is 4.08. The van der Waals surface area contributed by atoms with E-state index in [1.54, 1.807) is 25.3 Å². The van der Waals surface area contributed by atoms with Gasteiger partial charge in [-0.15, -0.1) is 0 Å². The van der Waals surface area contributed by atoms with E-state index in [-0.39, 0.29) is 11.5 Å². The van der Waals surface area contributed by atoms with E-state index < -0.39 is 0 Å². The van der Waals surface area contributed by atoms with Crippen LogP contribution in [-0.2, 0) is 17.8 Å². The molecule has 1 aliphatic heterocycles. The molecule has 1 saturated heterocycles. The molecule has 0 bridgehead atoms. The molecule has 9 heteroatoms. The van der Waals surface area contributed by atoms with Crippen LogP contribution in [0.4, 0.5) is 0 Å². The molecule has 3 aromatic rings. The van der Waals surface area contributed by atoms with Gasteiger partial charge in [-0.05, 0) is 17.7 Å². The Kier molecular flexibility index (Phi) is 6.62. The highest BCUT2D eigenvalue weighted by Gasteiger charge is 2.22. The molecule has 1 aliphatic rings. The van der Waals surface area contributed by atoms with Gasteiger partial charge in [0, 0.05) is 37.3 Å². The van der Waals surface area contributed by atoms with E-state index in [1.165, 1.54) is 7.11 Å². The minimum absolute atomic E-state index is 0.0658. The van der Waals surface area contributed by atoms with Crippen LogP contribution in [0.5, 0.6) is 11.5 Å². The van der Waals surface area contributed by atoms with E-state index >= 15 is 0 Å². The average molecular weight is 457 g/mol. The summed E-state index contributed by atoms with van der Waals surface area (Å²) in [6, 6.07) is 10.8. The monoisotopic (exact) mass is 456 g/mol. The van der Waals surface area contributed by atoms with E-state index in [0.717, 1.165) is 5.56 Å². The molecule has 1 amide bonds. The summed E-state index contributed by atoms with van der Waals surface area (Å²) in [5, 5.41) is 1.06. The summed E-state index contributed by atoms with van der Waals surface area (Å²) in [5.74, 6) is 1.65. The molecule has 0 atom stereocenters. The molecule has 0 aliphatic carbocycles. The van der Waals surface area contributed by atoms with Crippen molar-refractivity contribution in [3.63, 3.8) is 0 Å². The molecule has 0 unspecified atom stereocenters. The first-order valence-corrected chi connectivity index (χ1v) is 10.7. The number of nitrogens with one attached hydrogen (secondary N) is 1. The topological polar surface area (TPSA) is 87.8 Å². The van der Waals surface area contributed by atoms with Gasteiger partial charge < -0.3 is 19.4 Å². The van der Waals surface area contributed by atoms with Gasteiger partial charge in [0.15, 0.2) is 11.5 Å². The van der Waals surface area contributed by atoms with E-state index in [0.29, 0.717) is 72.4 Å². The van der Waals surface area contributed by atoms with Crippen molar-refractivity contribution in [2.75, 3.05) is 40.4 Å². The first-order valence-electron chi connectivity index (χ1n) is 10.4. The summed E-state index contributed by atoms with van der Waals surface area (Å²) in [4.78, 5) is 36.7. The number of carbonyl (C=O) groups is 1. The van der Waals surface area contributed by atoms with Gasteiger partial charge in [-0.3, -0.25) is 14.5 Å². The lowest BCUT2D eigenvalue weighted by molar-refractivity contribution is -0.132. The minimum atomic E-state index is -0.223. The Hall–Kier alpha value is -3.10. The van der Waals surface area contributed by atoms with Crippen LogP contribution < -0.4 is 15.0 Å². The van der Waals surface area contributed by atoms with Crippen molar-refractivity contribution in [1.29, 1.82) is 0 Å². The lowest BCUT2D eigenvalue weighted by Crippen LogP contribution is -2.49. The number of H-pyrrole nitrogens is 1. The Morgan fingerprint density at radius 3 is 2.47 bits per heavy atom. The van der Waals surface area contributed by atoms with Gasteiger partial charge in [-0.25, -0.2) is 4.98 Å². The maximum atomic E-state index is 12.7. The van der Waals surface area contributed by atoms with Crippen LogP contribution in [0.15, 0.2) is 41.2 Å². The zero-order valence-electron chi connectivity index (χ0n) is 18.1. The third-order valence-corrected chi connectivity index (χ3v) is 6.03. The zero-order valence-corrected chi connectivity index (χ0v) is 18.8. The van der Waals surface area contributed by atoms with Crippen LogP contribution in [0.25, 0.3) is 10.9 Å². The normalized spacial score (nSPS) is 14.5. The largest absolute Gasteiger partial charge is 0.493 e. The van der Waals surface area contributed by atoms with Gasteiger partial charge in [-0.1, -0.05) is 29.8 Å². The number of rotatable bonds is 6. The van der Waals surface area contributed by atoms with Crippen molar-refractivity contribution in [3.8, 4) is 11.5 Å². The number of ether oxygens (including phenoxy) is 2. The van der Waals surface area contributed by atoms with Crippen LogP contribution in [0.1, 0.15) is 11.4 Å². The number of halogens is 1. The number of benzene rings is 2. The molecule has 0 radical (unpaired) electrons. The van der Waals surface area contributed by atoms with Crippen LogP contribution in [-0.4, -0.2) is 66.1 Å². The Balaban J connectivity index is 1.41. The Labute approximate surface area is 190 Å². The molecule has 2 aromatic carbocycles. The van der Waals surface area contributed by atoms with Crippen molar-refractivity contribution >= 4 is 28.4 Å². The Bertz CT molecular complexity index is 1190. The quantitative estimate of drug-likeness (QED) is 0.613. The van der Waals surface area contributed by atoms with Gasteiger partial charge >= 0.3 is 0 Å². The summed E-state index contributed by atoms with van der Waals surface area (Å²) >= 11 is 6.18. The average Bonchev–Trinajstić information content (AvgIpc) is 2.80.